The van der Waals surface area contributed by atoms with Crippen molar-refractivity contribution in [3.05, 3.63) is 64.4 Å². The number of fused-ring (bicyclic) bond motifs is 1. The van der Waals surface area contributed by atoms with Crippen LogP contribution in [0.3, 0.4) is 0 Å². The van der Waals surface area contributed by atoms with Crippen LogP contribution in [-0.2, 0) is 14.9 Å². The van der Waals surface area contributed by atoms with Crippen LogP contribution in [0.15, 0.2) is 41.9 Å². The number of esters is 1. The van der Waals surface area contributed by atoms with Gasteiger partial charge in [0.05, 0.1) is 28.3 Å². The lowest BCUT2D eigenvalue weighted by Crippen LogP contribution is -2.35. The number of nitrogens with zero attached hydrogens (tertiary/aromatic N) is 1. The van der Waals surface area contributed by atoms with Crippen molar-refractivity contribution in [2.75, 3.05) is 7.11 Å². The fraction of sp³-hybridized carbons (Fsp3) is 0.333. The van der Waals surface area contributed by atoms with Crippen molar-refractivity contribution in [3.8, 4) is 0 Å². The molecule has 0 aliphatic heterocycles. The molecule has 3 nitrogen and oxygen atoms in total. The van der Waals surface area contributed by atoms with Gasteiger partial charge >= 0.3 is 5.97 Å². The molecular weight excluding hydrogens is 349 g/mol. The van der Waals surface area contributed by atoms with Gasteiger partial charge in [0.25, 0.3) is 0 Å². The highest BCUT2D eigenvalue weighted by Crippen LogP contribution is 2.50. The van der Waals surface area contributed by atoms with Gasteiger partial charge in [-0.1, -0.05) is 18.2 Å². The number of thiazole rings is 1. The van der Waals surface area contributed by atoms with Gasteiger partial charge in [0, 0.05) is 0 Å². The third kappa shape index (κ3) is 2.62. The number of methoxy groups -OCH3 is 1. The molecule has 1 heterocycles. The maximum Gasteiger partial charge on any atom is 0.316 e. The van der Waals surface area contributed by atoms with E-state index in [1.165, 1.54) is 18.7 Å². The maximum atomic E-state index is 14.2. The number of carbonyl (C=O) groups is 1. The highest BCUT2D eigenvalue weighted by molar-refractivity contribution is 7.16. The minimum Gasteiger partial charge on any atom is -0.468 e. The Morgan fingerprint density at radius 2 is 2.19 bits per heavy atom. The average molecular weight is 369 g/mol. The van der Waals surface area contributed by atoms with E-state index >= 15 is 0 Å². The summed E-state index contributed by atoms with van der Waals surface area (Å²) in [5, 5.41) is 0. The predicted molar refractivity (Wildman–Crippen MR) is 101 cm³/mol. The smallest absolute Gasteiger partial charge is 0.316 e. The molecule has 1 aliphatic rings. The molecule has 0 radical (unpaired) electrons. The molecule has 2 aromatic carbocycles. The molecule has 0 bridgehead atoms. The Balaban J connectivity index is 1.75. The Morgan fingerprint density at radius 1 is 1.35 bits per heavy atom. The molecule has 1 fully saturated rings. The molecule has 0 spiro atoms. The van der Waals surface area contributed by atoms with Crippen molar-refractivity contribution in [1.82, 2.24) is 4.98 Å². The van der Waals surface area contributed by atoms with E-state index in [0.29, 0.717) is 18.4 Å². The molecule has 5 heteroatoms. The van der Waals surface area contributed by atoms with Gasteiger partial charge < -0.3 is 4.74 Å². The summed E-state index contributed by atoms with van der Waals surface area (Å²) in [6, 6.07) is 11.3. The summed E-state index contributed by atoms with van der Waals surface area (Å²) in [4.78, 5) is 17.2. The number of halogens is 1. The van der Waals surface area contributed by atoms with E-state index in [0.717, 1.165) is 22.2 Å². The fourth-order valence-electron chi connectivity index (χ4n) is 4.32. The molecule has 4 rings (SSSR count). The van der Waals surface area contributed by atoms with Crippen molar-refractivity contribution in [3.63, 3.8) is 0 Å². The highest BCUT2D eigenvalue weighted by Gasteiger charge is 2.49. The first-order chi connectivity index (χ1) is 12.5. The quantitative estimate of drug-likeness (QED) is 0.601. The van der Waals surface area contributed by atoms with Crippen molar-refractivity contribution < 1.29 is 13.9 Å². The standard InChI is InChI=1S/C21H20FNO2S/c1-13-16(4-3-5-17(13)22)21(20(24)25-2)9-8-15(11-21)14-6-7-19-18(10-14)23-12-26-19/h3-7,10,12,15H,8-9,11H2,1-2H3/t15?,21-/m0/s1. The molecule has 134 valence electrons. The lowest BCUT2D eigenvalue weighted by atomic mass is 9.75. The van der Waals surface area contributed by atoms with Crippen molar-refractivity contribution >= 4 is 27.5 Å². The second-order valence-corrected chi connectivity index (χ2v) is 7.89. The Kier molecular flexibility index (Phi) is 4.27. The minimum atomic E-state index is -0.789. The Hall–Kier alpha value is -2.27. The molecule has 1 saturated carbocycles. The minimum absolute atomic E-state index is 0.225. The van der Waals surface area contributed by atoms with Crippen LogP contribution in [0.1, 0.15) is 41.9 Å². The number of hydrogen-bond acceptors (Lipinski definition) is 4. The third-order valence-corrected chi connectivity index (χ3v) is 6.51. The van der Waals surface area contributed by atoms with Gasteiger partial charge in [-0.3, -0.25) is 4.79 Å². The van der Waals surface area contributed by atoms with Gasteiger partial charge in [-0.25, -0.2) is 9.37 Å². The lowest BCUT2D eigenvalue weighted by molar-refractivity contribution is -0.147. The van der Waals surface area contributed by atoms with E-state index in [1.807, 2.05) is 11.6 Å². The normalized spacial score (nSPS) is 22.7. The van der Waals surface area contributed by atoms with Crippen LogP contribution < -0.4 is 0 Å². The number of benzene rings is 2. The molecule has 1 unspecified atom stereocenters. The zero-order valence-electron chi connectivity index (χ0n) is 14.8. The molecular formula is C21H20FNO2S. The number of ether oxygens (including phenoxy) is 1. The Labute approximate surface area is 155 Å². The molecule has 0 amide bonds. The maximum absolute atomic E-state index is 14.2. The summed E-state index contributed by atoms with van der Waals surface area (Å²) >= 11 is 1.62. The van der Waals surface area contributed by atoms with E-state index in [2.05, 4.69) is 23.2 Å². The highest BCUT2D eigenvalue weighted by atomic mass is 32.1. The van der Waals surface area contributed by atoms with Crippen molar-refractivity contribution in [2.45, 2.75) is 37.5 Å². The average Bonchev–Trinajstić information content (AvgIpc) is 3.30. The van der Waals surface area contributed by atoms with E-state index in [9.17, 15) is 9.18 Å². The number of aromatic nitrogens is 1. The topological polar surface area (TPSA) is 39.2 Å². The van der Waals surface area contributed by atoms with Gasteiger partial charge in [-0.15, -0.1) is 11.3 Å². The predicted octanol–water partition coefficient (Wildman–Crippen LogP) is 5.12. The first kappa shape index (κ1) is 17.2. The fourth-order valence-corrected chi connectivity index (χ4v) is 4.98. The molecule has 0 saturated heterocycles. The summed E-state index contributed by atoms with van der Waals surface area (Å²) in [5.41, 5.74) is 4.52. The summed E-state index contributed by atoms with van der Waals surface area (Å²) < 4.78 is 20.5. The van der Waals surface area contributed by atoms with Crippen LogP contribution >= 0.6 is 11.3 Å². The van der Waals surface area contributed by atoms with E-state index < -0.39 is 5.41 Å². The molecule has 3 aromatic rings. The summed E-state index contributed by atoms with van der Waals surface area (Å²) in [5.74, 6) is -0.329. The van der Waals surface area contributed by atoms with Crippen LogP contribution in [0.25, 0.3) is 10.2 Å². The SMILES string of the molecule is COC(=O)[C@@]1(c2cccc(F)c2C)CCC(c2ccc3scnc3c2)C1. The Morgan fingerprint density at radius 3 is 3.00 bits per heavy atom. The van der Waals surface area contributed by atoms with Crippen molar-refractivity contribution in [1.29, 1.82) is 0 Å². The number of carbonyl (C=O) groups excluding carboxylic acids is 1. The van der Waals surface area contributed by atoms with Crippen LogP contribution in [0.2, 0.25) is 0 Å². The monoisotopic (exact) mass is 369 g/mol. The molecule has 0 N–H and O–H groups in total. The van der Waals surface area contributed by atoms with Gasteiger partial charge in [0.1, 0.15) is 5.82 Å². The van der Waals surface area contributed by atoms with Gasteiger partial charge in [-0.2, -0.15) is 0 Å². The molecule has 1 aromatic heterocycles. The first-order valence-corrected chi connectivity index (χ1v) is 9.60. The van der Waals surface area contributed by atoms with E-state index in [1.54, 1.807) is 24.3 Å². The first-order valence-electron chi connectivity index (χ1n) is 8.72. The van der Waals surface area contributed by atoms with Crippen LogP contribution in [0.4, 0.5) is 4.39 Å². The van der Waals surface area contributed by atoms with E-state index in [-0.39, 0.29) is 17.7 Å². The largest absolute Gasteiger partial charge is 0.468 e. The van der Waals surface area contributed by atoms with Crippen molar-refractivity contribution in [2.24, 2.45) is 0 Å². The van der Waals surface area contributed by atoms with Crippen LogP contribution in [0, 0.1) is 12.7 Å². The summed E-state index contributed by atoms with van der Waals surface area (Å²) in [7, 11) is 1.41. The summed E-state index contributed by atoms with van der Waals surface area (Å²) in [6.45, 7) is 1.74. The molecule has 26 heavy (non-hydrogen) atoms. The molecule has 1 aliphatic carbocycles. The van der Waals surface area contributed by atoms with Crippen LogP contribution in [-0.4, -0.2) is 18.1 Å². The molecule has 2 atom stereocenters. The van der Waals surface area contributed by atoms with E-state index in [4.69, 9.17) is 4.74 Å². The summed E-state index contributed by atoms with van der Waals surface area (Å²) in [6.07, 6.45) is 2.14. The van der Waals surface area contributed by atoms with Gasteiger partial charge in [-0.05, 0) is 67.0 Å². The lowest BCUT2D eigenvalue weighted by Gasteiger charge is -2.29. The number of hydrogen-bond donors (Lipinski definition) is 0. The third-order valence-electron chi connectivity index (χ3n) is 5.70. The van der Waals surface area contributed by atoms with Gasteiger partial charge in [0.15, 0.2) is 0 Å². The van der Waals surface area contributed by atoms with Crippen LogP contribution in [0.5, 0.6) is 0 Å². The van der Waals surface area contributed by atoms with Gasteiger partial charge in [0.2, 0.25) is 0 Å². The zero-order valence-corrected chi connectivity index (χ0v) is 15.6. The second-order valence-electron chi connectivity index (χ2n) is 7.01. The second kappa shape index (κ2) is 6.47. The zero-order chi connectivity index (χ0) is 18.3. The number of rotatable bonds is 3. The Bertz CT molecular complexity index is 983.